The molecule has 1 heterocycles. The van der Waals surface area contributed by atoms with Gasteiger partial charge in [0, 0.05) is 18.2 Å². The van der Waals surface area contributed by atoms with E-state index in [1.54, 1.807) is 32.0 Å². The van der Waals surface area contributed by atoms with E-state index in [0.29, 0.717) is 23.5 Å². The number of hydrogen-bond donors (Lipinski definition) is 2. The van der Waals surface area contributed by atoms with Gasteiger partial charge >= 0.3 is 0 Å². The first-order chi connectivity index (χ1) is 15.8. The summed E-state index contributed by atoms with van der Waals surface area (Å²) in [6.07, 6.45) is 5.43. The molecule has 0 radical (unpaired) electrons. The van der Waals surface area contributed by atoms with E-state index in [0.717, 1.165) is 31.2 Å². The van der Waals surface area contributed by atoms with Crippen molar-refractivity contribution in [1.29, 1.82) is 0 Å². The molecule has 4 rings (SSSR count). The molecule has 1 aliphatic heterocycles. The van der Waals surface area contributed by atoms with Gasteiger partial charge in [-0.3, -0.25) is 19.3 Å². The quantitative estimate of drug-likeness (QED) is 0.706. The molecule has 0 atom stereocenters. The average molecular weight is 450 g/mol. The second-order valence-electron chi connectivity index (χ2n) is 9.26. The Morgan fingerprint density at radius 1 is 1.06 bits per heavy atom. The molecule has 1 saturated carbocycles. The van der Waals surface area contributed by atoms with Gasteiger partial charge in [-0.1, -0.05) is 49.6 Å². The lowest BCUT2D eigenvalue weighted by Crippen LogP contribution is -2.55. The van der Waals surface area contributed by atoms with Crippen LogP contribution in [0.5, 0.6) is 5.75 Å². The Bertz CT molecular complexity index is 1030. The van der Waals surface area contributed by atoms with Crippen LogP contribution in [0.2, 0.25) is 0 Å². The third kappa shape index (κ3) is 5.35. The number of ether oxygens (including phenoxy) is 1. The summed E-state index contributed by atoms with van der Waals surface area (Å²) in [6.45, 7) is 3.57. The summed E-state index contributed by atoms with van der Waals surface area (Å²) in [4.78, 5) is 40.1. The first-order valence-electron chi connectivity index (χ1n) is 11.6. The van der Waals surface area contributed by atoms with E-state index in [4.69, 9.17) is 4.74 Å². The number of benzene rings is 2. The normalized spacial score (nSPS) is 17.6. The van der Waals surface area contributed by atoms with Crippen molar-refractivity contribution in [1.82, 2.24) is 10.6 Å². The molecule has 0 aromatic heterocycles. The highest BCUT2D eigenvalue weighted by molar-refractivity contribution is 6.07. The summed E-state index contributed by atoms with van der Waals surface area (Å²) in [5, 5.41) is 5.96. The van der Waals surface area contributed by atoms with E-state index in [1.165, 1.54) is 11.3 Å². The monoisotopic (exact) mass is 449 g/mol. The molecule has 1 fully saturated rings. The predicted octanol–water partition coefficient (Wildman–Crippen LogP) is 3.57. The van der Waals surface area contributed by atoms with Crippen molar-refractivity contribution in [2.24, 2.45) is 0 Å². The molecule has 0 spiro atoms. The minimum Gasteiger partial charge on any atom is -0.476 e. The minimum absolute atomic E-state index is 0.154. The Hall–Kier alpha value is -3.35. The third-order valence-corrected chi connectivity index (χ3v) is 6.21. The molecule has 0 bridgehead atoms. The number of rotatable bonds is 6. The van der Waals surface area contributed by atoms with E-state index in [1.807, 2.05) is 30.3 Å². The highest BCUT2D eigenvalue weighted by Crippen LogP contribution is 2.38. The van der Waals surface area contributed by atoms with Crippen molar-refractivity contribution in [2.45, 2.75) is 64.1 Å². The minimum atomic E-state index is -1.11. The van der Waals surface area contributed by atoms with Gasteiger partial charge in [0.05, 0.1) is 5.69 Å². The van der Waals surface area contributed by atoms with Crippen LogP contribution in [0, 0.1) is 0 Å². The van der Waals surface area contributed by atoms with Crippen molar-refractivity contribution < 1.29 is 19.1 Å². The fourth-order valence-corrected chi connectivity index (χ4v) is 4.38. The topological polar surface area (TPSA) is 87.7 Å². The Balaban J connectivity index is 1.51. The zero-order valence-electron chi connectivity index (χ0n) is 19.2. The molecule has 2 aromatic rings. The van der Waals surface area contributed by atoms with Gasteiger partial charge < -0.3 is 15.4 Å². The molecule has 0 unspecified atom stereocenters. The predicted molar refractivity (Wildman–Crippen MR) is 126 cm³/mol. The first-order valence-corrected chi connectivity index (χ1v) is 11.6. The third-order valence-electron chi connectivity index (χ3n) is 6.21. The van der Waals surface area contributed by atoms with Crippen LogP contribution in [0.4, 0.5) is 5.69 Å². The number of carbonyl (C=O) groups is 3. The van der Waals surface area contributed by atoms with Gasteiger partial charge in [-0.2, -0.15) is 0 Å². The molecular formula is C26H31N3O4. The van der Waals surface area contributed by atoms with Crippen molar-refractivity contribution in [3.8, 4) is 5.75 Å². The SMILES string of the molecule is CC1(C)Oc2ccc(C(=O)NC3CCCCC3)cc2N(CC(=O)NCc2ccccc2)C1=O. The van der Waals surface area contributed by atoms with Gasteiger partial charge in [0.25, 0.3) is 11.8 Å². The number of anilines is 1. The lowest BCUT2D eigenvalue weighted by atomic mass is 9.95. The molecule has 2 aromatic carbocycles. The van der Waals surface area contributed by atoms with E-state index in [9.17, 15) is 14.4 Å². The van der Waals surface area contributed by atoms with Crippen LogP contribution in [0.25, 0.3) is 0 Å². The summed E-state index contributed by atoms with van der Waals surface area (Å²) >= 11 is 0. The fraction of sp³-hybridized carbons (Fsp3) is 0.423. The van der Waals surface area contributed by atoms with Crippen LogP contribution in [-0.4, -0.2) is 35.9 Å². The summed E-state index contributed by atoms with van der Waals surface area (Å²) in [5.74, 6) is -0.303. The van der Waals surface area contributed by atoms with Crippen molar-refractivity contribution in [3.05, 3.63) is 59.7 Å². The smallest absolute Gasteiger partial charge is 0.271 e. The highest BCUT2D eigenvalue weighted by Gasteiger charge is 2.42. The number of amides is 3. The Labute approximate surface area is 194 Å². The molecule has 2 N–H and O–H groups in total. The number of fused-ring (bicyclic) bond motifs is 1. The van der Waals surface area contributed by atoms with Crippen LogP contribution < -0.4 is 20.3 Å². The van der Waals surface area contributed by atoms with Crippen molar-refractivity contribution in [3.63, 3.8) is 0 Å². The van der Waals surface area contributed by atoms with Crippen LogP contribution in [0.1, 0.15) is 61.9 Å². The number of nitrogens with zero attached hydrogens (tertiary/aromatic N) is 1. The maximum atomic E-state index is 13.1. The highest BCUT2D eigenvalue weighted by atomic mass is 16.5. The van der Waals surface area contributed by atoms with Crippen LogP contribution >= 0.6 is 0 Å². The fourth-order valence-electron chi connectivity index (χ4n) is 4.38. The van der Waals surface area contributed by atoms with Gasteiger partial charge in [-0.15, -0.1) is 0 Å². The van der Waals surface area contributed by atoms with Crippen molar-refractivity contribution in [2.75, 3.05) is 11.4 Å². The molecule has 1 aliphatic carbocycles. The average Bonchev–Trinajstić information content (AvgIpc) is 2.81. The molecule has 33 heavy (non-hydrogen) atoms. The lowest BCUT2D eigenvalue weighted by molar-refractivity contribution is -0.134. The van der Waals surface area contributed by atoms with E-state index >= 15 is 0 Å². The van der Waals surface area contributed by atoms with Gasteiger partial charge in [0.1, 0.15) is 12.3 Å². The molecule has 7 heteroatoms. The maximum absolute atomic E-state index is 13.1. The van der Waals surface area contributed by atoms with Crippen LogP contribution in [0.3, 0.4) is 0 Å². The molecule has 3 amide bonds. The number of nitrogens with one attached hydrogen (secondary N) is 2. The second-order valence-corrected chi connectivity index (χ2v) is 9.26. The second kappa shape index (κ2) is 9.65. The van der Waals surface area contributed by atoms with Crippen LogP contribution in [0.15, 0.2) is 48.5 Å². The van der Waals surface area contributed by atoms with Crippen LogP contribution in [-0.2, 0) is 16.1 Å². The van der Waals surface area contributed by atoms with Gasteiger partial charge in [-0.05, 0) is 50.5 Å². The Morgan fingerprint density at radius 3 is 2.52 bits per heavy atom. The van der Waals surface area contributed by atoms with Gasteiger partial charge in [0.15, 0.2) is 5.60 Å². The summed E-state index contributed by atoms with van der Waals surface area (Å²) < 4.78 is 5.90. The van der Waals surface area contributed by atoms with Crippen molar-refractivity contribution >= 4 is 23.4 Å². The largest absolute Gasteiger partial charge is 0.476 e. The van der Waals surface area contributed by atoms with E-state index in [-0.39, 0.29) is 30.3 Å². The maximum Gasteiger partial charge on any atom is 0.271 e. The lowest BCUT2D eigenvalue weighted by Gasteiger charge is -2.38. The number of carbonyl (C=O) groups excluding carboxylic acids is 3. The summed E-state index contributed by atoms with van der Waals surface area (Å²) in [5.41, 5.74) is 0.746. The summed E-state index contributed by atoms with van der Waals surface area (Å²) in [7, 11) is 0. The van der Waals surface area contributed by atoms with E-state index < -0.39 is 5.60 Å². The van der Waals surface area contributed by atoms with Gasteiger partial charge in [0.2, 0.25) is 5.91 Å². The Morgan fingerprint density at radius 2 is 1.79 bits per heavy atom. The summed E-state index contributed by atoms with van der Waals surface area (Å²) in [6, 6.07) is 14.8. The zero-order valence-corrected chi connectivity index (χ0v) is 19.2. The first kappa shape index (κ1) is 22.8. The Kier molecular flexibility index (Phi) is 6.67. The standard InChI is InChI=1S/C26H31N3O4/c1-26(2)25(32)29(17-23(30)27-16-18-9-5-3-6-10-18)21-15-19(13-14-22(21)33-26)24(31)28-20-11-7-4-8-12-20/h3,5-6,9-10,13-15,20H,4,7-8,11-12,16-17H2,1-2H3,(H,27,30)(H,28,31). The zero-order chi connectivity index (χ0) is 23.4. The van der Waals surface area contributed by atoms with E-state index in [2.05, 4.69) is 10.6 Å². The molecule has 174 valence electrons. The van der Waals surface area contributed by atoms with Gasteiger partial charge in [-0.25, -0.2) is 0 Å². The molecular weight excluding hydrogens is 418 g/mol. The molecule has 0 saturated heterocycles. The number of hydrogen-bond acceptors (Lipinski definition) is 4. The molecule has 2 aliphatic rings. The molecule has 7 nitrogen and oxygen atoms in total.